The molecule has 0 unspecified atom stereocenters. The number of amides is 1. The minimum Gasteiger partial charge on any atom is -0.351 e. The minimum absolute atomic E-state index is 0.0992. The molecule has 1 amide bonds. The molecule has 0 radical (unpaired) electrons. The molecule has 0 aromatic heterocycles. The first kappa shape index (κ1) is 17.0. The van der Waals surface area contributed by atoms with Crippen molar-refractivity contribution in [2.24, 2.45) is 0 Å². The van der Waals surface area contributed by atoms with Gasteiger partial charge in [-0.25, -0.2) is 0 Å². The Morgan fingerprint density at radius 2 is 1.79 bits per heavy atom. The highest BCUT2D eigenvalue weighted by Gasteiger charge is 2.51. The normalized spacial score (nSPS) is 15.3. The third-order valence-electron chi connectivity index (χ3n) is 4.54. The summed E-state index contributed by atoms with van der Waals surface area (Å²) in [6.45, 7) is 1.48. The lowest BCUT2D eigenvalue weighted by atomic mass is 9.95. The van der Waals surface area contributed by atoms with Crippen LogP contribution in [-0.2, 0) is 23.3 Å². The number of halogens is 1. The van der Waals surface area contributed by atoms with Gasteiger partial charge in [0, 0.05) is 18.1 Å². The summed E-state index contributed by atoms with van der Waals surface area (Å²) in [5.74, 6) is 0.0992. The highest BCUT2D eigenvalue weighted by Crippen LogP contribution is 2.48. The molecule has 0 saturated heterocycles. The maximum atomic E-state index is 12.7. The van der Waals surface area contributed by atoms with Crippen LogP contribution in [0, 0.1) is 0 Å². The lowest BCUT2D eigenvalue weighted by Crippen LogP contribution is -2.34. The molecule has 3 nitrogen and oxygen atoms in total. The molecule has 0 aliphatic heterocycles. The number of rotatable bonds is 6. The Balaban J connectivity index is 1.61. The Hall–Kier alpha value is -1.84. The van der Waals surface area contributed by atoms with E-state index in [1.54, 1.807) is 0 Å². The van der Waals surface area contributed by atoms with Gasteiger partial charge in [0.2, 0.25) is 5.91 Å². The molecular weight excluding hydrogens is 320 g/mol. The zero-order valence-electron chi connectivity index (χ0n) is 14.2. The number of benzene rings is 2. The van der Waals surface area contributed by atoms with Gasteiger partial charge in [-0.2, -0.15) is 0 Å². The number of nitrogens with one attached hydrogen (secondary N) is 1. The third kappa shape index (κ3) is 3.80. The van der Waals surface area contributed by atoms with Crippen molar-refractivity contribution in [1.82, 2.24) is 10.2 Å². The van der Waals surface area contributed by atoms with Crippen molar-refractivity contribution in [3.05, 3.63) is 70.2 Å². The van der Waals surface area contributed by atoms with Crippen molar-refractivity contribution in [2.45, 2.75) is 31.3 Å². The molecule has 1 aliphatic carbocycles. The predicted molar refractivity (Wildman–Crippen MR) is 98.0 cm³/mol. The Morgan fingerprint density at radius 1 is 1.12 bits per heavy atom. The molecule has 1 aliphatic rings. The lowest BCUT2D eigenvalue weighted by Gasteiger charge is -2.16. The lowest BCUT2D eigenvalue weighted by molar-refractivity contribution is -0.123. The molecule has 126 valence electrons. The van der Waals surface area contributed by atoms with E-state index in [-0.39, 0.29) is 11.3 Å². The second-order valence-electron chi connectivity index (χ2n) is 6.83. The van der Waals surface area contributed by atoms with Gasteiger partial charge in [-0.05, 0) is 55.8 Å². The molecule has 24 heavy (non-hydrogen) atoms. The SMILES string of the molecule is CN(C)Cc1ccc(CNC(=O)C2(c3cccc(Cl)c3)CC2)cc1. The van der Waals surface area contributed by atoms with Gasteiger partial charge in [0.25, 0.3) is 0 Å². The molecule has 3 rings (SSSR count). The van der Waals surface area contributed by atoms with Crippen LogP contribution >= 0.6 is 11.6 Å². The van der Waals surface area contributed by atoms with Crippen molar-refractivity contribution < 1.29 is 4.79 Å². The summed E-state index contributed by atoms with van der Waals surface area (Å²) in [7, 11) is 4.11. The standard InChI is InChI=1S/C20H23ClN2O/c1-23(2)14-16-8-6-15(7-9-16)13-22-19(24)20(10-11-20)17-4-3-5-18(21)12-17/h3-9,12H,10-11,13-14H2,1-2H3,(H,22,24). The summed E-state index contributed by atoms with van der Waals surface area (Å²) in [6.07, 6.45) is 1.78. The molecule has 0 heterocycles. The van der Waals surface area contributed by atoms with Gasteiger partial charge in [-0.15, -0.1) is 0 Å². The van der Waals surface area contributed by atoms with Gasteiger partial charge < -0.3 is 10.2 Å². The van der Waals surface area contributed by atoms with Crippen LogP contribution in [0.4, 0.5) is 0 Å². The fraction of sp³-hybridized carbons (Fsp3) is 0.350. The summed E-state index contributed by atoms with van der Waals surface area (Å²) >= 11 is 6.07. The molecule has 2 aromatic rings. The van der Waals surface area contributed by atoms with E-state index in [0.29, 0.717) is 11.6 Å². The summed E-state index contributed by atoms with van der Waals surface area (Å²) in [5, 5.41) is 3.77. The number of nitrogens with zero attached hydrogens (tertiary/aromatic N) is 1. The average Bonchev–Trinajstić information content (AvgIpc) is 3.35. The summed E-state index contributed by atoms with van der Waals surface area (Å²) in [6, 6.07) is 16.0. The monoisotopic (exact) mass is 342 g/mol. The van der Waals surface area contributed by atoms with E-state index in [1.165, 1.54) is 5.56 Å². The highest BCUT2D eigenvalue weighted by molar-refractivity contribution is 6.30. The molecule has 4 heteroatoms. The first-order chi connectivity index (χ1) is 11.5. The maximum Gasteiger partial charge on any atom is 0.230 e. The van der Waals surface area contributed by atoms with Crippen LogP contribution in [-0.4, -0.2) is 24.9 Å². The van der Waals surface area contributed by atoms with E-state index in [4.69, 9.17) is 11.6 Å². The third-order valence-corrected chi connectivity index (χ3v) is 4.77. The van der Waals surface area contributed by atoms with Gasteiger partial charge >= 0.3 is 0 Å². The molecule has 1 N–H and O–H groups in total. The average molecular weight is 343 g/mol. The number of carbonyl (C=O) groups is 1. The molecule has 0 atom stereocenters. The largest absolute Gasteiger partial charge is 0.351 e. The van der Waals surface area contributed by atoms with Crippen LogP contribution in [0.2, 0.25) is 5.02 Å². The Labute approximate surface area is 148 Å². The van der Waals surface area contributed by atoms with E-state index in [9.17, 15) is 4.79 Å². The van der Waals surface area contributed by atoms with Gasteiger partial charge in [-0.1, -0.05) is 48.0 Å². The topological polar surface area (TPSA) is 32.3 Å². The van der Waals surface area contributed by atoms with Crippen LogP contribution < -0.4 is 5.32 Å². The fourth-order valence-electron chi connectivity index (χ4n) is 3.04. The van der Waals surface area contributed by atoms with E-state index in [1.807, 2.05) is 24.3 Å². The van der Waals surface area contributed by atoms with Gasteiger partial charge in [0.05, 0.1) is 5.41 Å². The predicted octanol–water partition coefficient (Wildman–Crippen LogP) is 3.75. The van der Waals surface area contributed by atoms with Crippen LogP contribution in [0.5, 0.6) is 0 Å². The fourth-order valence-corrected chi connectivity index (χ4v) is 3.23. The van der Waals surface area contributed by atoms with Crippen molar-refractivity contribution in [1.29, 1.82) is 0 Å². The molecule has 0 spiro atoms. The zero-order chi connectivity index (χ0) is 17.2. The molecule has 1 saturated carbocycles. The van der Waals surface area contributed by atoms with E-state index in [2.05, 4.69) is 48.6 Å². The van der Waals surface area contributed by atoms with Gasteiger partial charge in [0.15, 0.2) is 0 Å². The van der Waals surface area contributed by atoms with Crippen molar-refractivity contribution in [3.8, 4) is 0 Å². The summed E-state index contributed by atoms with van der Waals surface area (Å²) < 4.78 is 0. The minimum atomic E-state index is -0.379. The quantitative estimate of drug-likeness (QED) is 0.867. The second kappa shape index (κ2) is 6.96. The zero-order valence-corrected chi connectivity index (χ0v) is 14.9. The Bertz CT molecular complexity index is 721. The molecule has 2 aromatic carbocycles. The highest BCUT2D eigenvalue weighted by atomic mass is 35.5. The van der Waals surface area contributed by atoms with E-state index in [0.717, 1.165) is 30.5 Å². The van der Waals surface area contributed by atoms with Crippen molar-refractivity contribution in [2.75, 3.05) is 14.1 Å². The van der Waals surface area contributed by atoms with Gasteiger partial charge in [0.1, 0.15) is 0 Å². The molecular formula is C20H23ClN2O. The van der Waals surface area contributed by atoms with E-state index < -0.39 is 0 Å². The maximum absolute atomic E-state index is 12.7. The number of hydrogen-bond donors (Lipinski definition) is 1. The van der Waals surface area contributed by atoms with Crippen LogP contribution in [0.25, 0.3) is 0 Å². The first-order valence-corrected chi connectivity index (χ1v) is 8.64. The van der Waals surface area contributed by atoms with Crippen LogP contribution in [0.15, 0.2) is 48.5 Å². The molecule has 1 fully saturated rings. The van der Waals surface area contributed by atoms with Crippen LogP contribution in [0.1, 0.15) is 29.5 Å². The summed E-state index contributed by atoms with van der Waals surface area (Å²) in [5.41, 5.74) is 3.03. The van der Waals surface area contributed by atoms with Gasteiger partial charge in [-0.3, -0.25) is 4.79 Å². The second-order valence-corrected chi connectivity index (χ2v) is 7.27. The Kier molecular flexibility index (Phi) is 4.93. The summed E-state index contributed by atoms with van der Waals surface area (Å²) in [4.78, 5) is 14.8. The van der Waals surface area contributed by atoms with Crippen molar-refractivity contribution in [3.63, 3.8) is 0 Å². The number of carbonyl (C=O) groups excluding carboxylic acids is 1. The van der Waals surface area contributed by atoms with E-state index >= 15 is 0 Å². The Morgan fingerprint density at radius 3 is 2.38 bits per heavy atom. The van der Waals surface area contributed by atoms with Crippen molar-refractivity contribution >= 4 is 17.5 Å². The smallest absolute Gasteiger partial charge is 0.230 e. The molecule has 0 bridgehead atoms. The number of hydrogen-bond acceptors (Lipinski definition) is 2. The van der Waals surface area contributed by atoms with Crippen LogP contribution in [0.3, 0.4) is 0 Å². The first-order valence-electron chi connectivity index (χ1n) is 8.26.